The third-order valence-corrected chi connectivity index (χ3v) is 5.44. The molecule has 4 rings (SSSR count). The van der Waals surface area contributed by atoms with E-state index in [9.17, 15) is 18.0 Å². The third kappa shape index (κ3) is 4.56. The topological polar surface area (TPSA) is 59.4 Å². The molecule has 1 fully saturated rings. The van der Waals surface area contributed by atoms with E-state index < -0.39 is 12.1 Å². The fourth-order valence-corrected chi connectivity index (χ4v) is 3.94. The van der Waals surface area contributed by atoms with Gasteiger partial charge in [-0.2, -0.15) is 0 Å². The number of alkyl halides is 3. The number of rotatable bonds is 4. The highest BCUT2D eigenvalue weighted by atomic mass is 35.5. The Balaban J connectivity index is 1.72. The predicted molar refractivity (Wildman–Crippen MR) is 112 cm³/mol. The van der Waals surface area contributed by atoms with Crippen LogP contribution in [-0.2, 0) is 7.05 Å². The Morgan fingerprint density at radius 1 is 1.19 bits per heavy atom. The molecule has 0 atom stereocenters. The average Bonchev–Trinajstić information content (AvgIpc) is 3.11. The number of carbonyl (C=O) groups is 1. The van der Waals surface area contributed by atoms with Crippen LogP contribution < -0.4 is 10.1 Å². The van der Waals surface area contributed by atoms with E-state index in [0.29, 0.717) is 35.4 Å². The fraction of sp³-hybridized carbons (Fsp3) is 0.333. The van der Waals surface area contributed by atoms with Crippen LogP contribution in [0.2, 0.25) is 5.02 Å². The predicted octanol–water partition coefficient (Wildman–Crippen LogP) is 5.50. The Hall–Kier alpha value is -2.94. The second-order valence-electron chi connectivity index (χ2n) is 7.38. The van der Waals surface area contributed by atoms with Crippen molar-refractivity contribution in [3.8, 4) is 5.75 Å². The zero-order chi connectivity index (χ0) is 22.2. The standard InChI is InChI=1S/C21H20ClF3N4O2/c1-28-10-7-14-18(28)15(20(30)29-8-3-2-4-9-29)12-26-19(14)27-16-6-5-13(22)11-17(16)31-21(23,24)25/h5-7,10-12H,2-4,8-9H2,1H3,(H,26,27). The molecule has 31 heavy (non-hydrogen) atoms. The molecule has 1 amide bonds. The number of benzene rings is 1. The lowest BCUT2D eigenvalue weighted by Gasteiger charge is -2.27. The minimum atomic E-state index is -4.87. The number of nitrogens with one attached hydrogen (secondary N) is 1. The van der Waals surface area contributed by atoms with Crippen LogP contribution in [0.3, 0.4) is 0 Å². The van der Waals surface area contributed by atoms with Gasteiger partial charge in [0, 0.05) is 49.0 Å². The lowest BCUT2D eigenvalue weighted by molar-refractivity contribution is -0.274. The Bertz CT molecular complexity index is 1120. The van der Waals surface area contributed by atoms with Gasteiger partial charge in [-0.25, -0.2) is 4.98 Å². The first-order chi connectivity index (χ1) is 14.7. The molecule has 0 radical (unpaired) electrons. The minimum Gasteiger partial charge on any atom is -0.404 e. The number of hydrogen-bond donors (Lipinski definition) is 1. The van der Waals surface area contributed by atoms with Crippen molar-refractivity contribution in [3.63, 3.8) is 0 Å². The third-order valence-electron chi connectivity index (χ3n) is 5.20. The molecule has 6 nitrogen and oxygen atoms in total. The van der Waals surface area contributed by atoms with Crippen LogP contribution in [0.15, 0.2) is 36.7 Å². The van der Waals surface area contributed by atoms with Crippen molar-refractivity contribution >= 4 is 39.9 Å². The van der Waals surface area contributed by atoms with Gasteiger partial charge in [0.05, 0.1) is 16.8 Å². The highest BCUT2D eigenvalue weighted by Crippen LogP contribution is 2.36. The van der Waals surface area contributed by atoms with E-state index in [-0.39, 0.29) is 16.6 Å². The largest absolute Gasteiger partial charge is 0.573 e. The number of amides is 1. The number of ether oxygens (including phenoxy) is 1. The molecule has 0 aliphatic carbocycles. The molecule has 3 heterocycles. The number of carbonyl (C=O) groups excluding carboxylic acids is 1. The summed E-state index contributed by atoms with van der Waals surface area (Å²) in [6.07, 6.45) is 1.40. The quantitative estimate of drug-likeness (QED) is 0.568. The van der Waals surface area contributed by atoms with Gasteiger partial charge in [-0.15, -0.1) is 13.2 Å². The molecule has 1 aliphatic rings. The molecule has 1 N–H and O–H groups in total. The van der Waals surface area contributed by atoms with E-state index in [1.807, 2.05) is 4.90 Å². The number of piperidine rings is 1. The van der Waals surface area contributed by atoms with Crippen molar-refractivity contribution in [2.24, 2.45) is 7.05 Å². The molecule has 0 spiro atoms. The molecule has 1 aromatic carbocycles. The maximum Gasteiger partial charge on any atom is 0.573 e. The van der Waals surface area contributed by atoms with Crippen molar-refractivity contribution in [2.45, 2.75) is 25.6 Å². The SMILES string of the molecule is Cn1ccc2c(Nc3ccc(Cl)cc3OC(F)(F)F)ncc(C(=O)N3CCCCC3)c21. The van der Waals surface area contributed by atoms with E-state index in [4.69, 9.17) is 11.6 Å². The molecule has 0 bridgehead atoms. The Labute approximate surface area is 181 Å². The molecule has 1 aliphatic heterocycles. The second kappa shape index (κ2) is 8.30. The Kier molecular flexibility index (Phi) is 5.70. The van der Waals surface area contributed by atoms with Crippen LogP contribution in [0.25, 0.3) is 10.9 Å². The number of likely N-dealkylation sites (tertiary alicyclic amines) is 1. The number of fused-ring (bicyclic) bond motifs is 1. The molecule has 0 saturated carbocycles. The van der Waals surface area contributed by atoms with E-state index in [1.54, 1.807) is 23.9 Å². The van der Waals surface area contributed by atoms with Crippen LogP contribution >= 0.6 is 11.6 Å². The number of nitrogens with zero attached hydrogens (tertiary/aromatic N) is 3. The number of hydrogen-bond acceptors (Lipinski definition) is 4. The second-order valence-corrected chi connectivity index (χ2v) is 7.81. The Morgan fingerprint density at radius 3 is 2.65 bits per heavy atom. The molecule has 164 valence electrons. The van der Waals surface area contributed by atoms with Crippen LogP contribution in [0.5, 0.6) is 5.75 Å². The first-order valence-corrected chi connectivity index (χ1v) is 10.2. The van der Waals surface area contributed by atoms with Gasteiger partial charge in [0.25, 0.3) is 5.91 Å². The summed E-state index contributed by atoms with van der Waals surface area (Å²) >= 11 is 5.84. The van der Waals surface area contributed by atoms with Crippen LogP contribution in [-0.4, -0.2) is 39.8 Å². The monoisotopic (exact) mass is 452 g/mol. The number of pyridine rings is 1. The first-order valence-electron chi connectivity index (χ1n) is 9.78. The highest BCUT2D eigenvalue weighted by Gasteiger charge is 2.32. The summed E-state index contributed by atoms with van der Waals surface area (Å²) in [4.78, 5) is 19.2. The van der Waals surface area contributed by atoms with Gasteiger partial charge < -0.3 is 19.5 Å². The minimum absolute atomic E-state index is 0.0504. The number of aryl methyl sites for hydroxylation is 1. The molecule has 0 unspecified atom stereocenters. The van der Waals surface area contributed by atoms with E-state index in [0.717, 1.165) is 25.3 Å². The zero-order valence-corrected chi connectivity index (χ0v) is 17.4. The Morgan fingerprint density at radius 2 is 1.94 bits per heavy atom. The average molecular weight is 453 g/mol. The maximum atomic E-state index is 13.1. The number of halogens is 4. The van der Waals surface area contributed by atoms with E-state index in [2.05, 4.69) is 15.0 Å². The summed E-state index contributed by atoms with van der Waals surface area (Å²) in [6.45, 7) is 1.40. The summed E-state index contributed by atoms with van der Waals surface area (Å²) in [5, 5.41) is 3.60. The summed E-state index contributed by atoms with van der Waals surface area (Å²) in [7, 11) is 1.81. The fourth-order valence-electron chi connectivity index (χ4n) is 3.78. The molecule has 10 heteroatoms. The molecule has 1 saturated heterocycles. The molecular weight excluding hydrogens is 433 g/mol. The van der Waals surface area contributed by atoms with Gasteiger partial charge in [-0.1, -0.05) is 11.6 Å². The van der Waals surface area contributed by atoms with Crippen molar-refractivity contribution < 1.29 is 22.7 Å². The van der Waals surface area contributed by atoms with Crippen molar-refractivity contribution in [3.05, 3.63) is 47.2 Å². The lowest BCUT2D eigenvalue weighted by atomic mass is 10.1. The first kappa shape index (κ1) is 21.3. The normalized spacial score (nSPS) is 14.7. The summed E-state index contributed by atoms with van der Waals surface area (Å²) in [6, 6.07) is 5.67. The number of aromatic nitrogens is 2. The smallest absolute Gasteiger partial charge is 0.404 e. The summed E-state index contributed by atoms with van der Waals surface area (Å²) in [5.41, 5.74) is 1.16. The van der Waals surface area contributed by atoms with Crippen molar-refractivity contribution in [2.75, 3.05) is 18.4 Å². The van der Waals surface area contributed by atoms with Gasteiger partial charge >= 0.3 is 6.36 Å². The van der Waals surface area contributed by atoms with Gasteiger partial charge in [0.15, 0.2) is 5.75 Å². The molecular formula is C21H20ClF3N4O2. The molecule has 3 aromatic rings. The zero-order valence-electron chi connectivity index (χ0n) is 16.7. The van der Waals surface area contributed by atoms with Crippen LogP contribution in [0.4, 0.5) is 24.7 Å². The van der Waals surface area contributed by atoms with Crippen LogP contribution in [0, 0.1) is 0 Å². The summed E-state index contributed by atoms with van der Waals surface area (Å²) < 4.78 is 44.3. The van der Waals surface area contributed by atoms with Gasteiger partial charge in [-0.3, -0.25) is 4.79 Å². The summed E-state index contributed by atoms with van der Waals surface area (Å²) in [5.74, 6) is -0.266. The van der Waals surface area contributed by atoms with Crippen molar-refractivity contribution in [1.82, 2.24) is 14.5 Å². The number of anilines is 2. The van der Waals surface area contributed by atoms with E-state index >= 15 is 0 Å². The van der Waals surface area contributed by atoms with Gasteiger partial charge in [0.2, 0.25) is 0 Å². The van der Waals surface area contributed by atoms with E-state index in [1.165, 1.54) is 18.3 Å². The van der Waals surface area contributed by atoms with Crippen molar-refractivity contribution in [1.29, 1.82) is 0 Å². The maximum absolute atomic E-state index is 13.1. The van der Waals surface area contributed by atoms with Gasteiger partial charge in [0.1, 0.15) is 5.82 Å². The lowest BCUT2D eigenvalue weighted by Crippen LogP contribution is -2.35. The molecule has 2 aromatic heterocycles. The highest BCUT2D eigenvalue weighted by molar-refractivity contribution is 6.30. The van der Waals surface area contributed by atoms with Gasteiger partial charge in [-0.05, 0) is 37.5 Å². The van der Waals surface area contributed by atoms with Crippen LogP contribution in [0.1, 0.15) is 29.6 Å².